The van der Waals surface area contributed by atoms with Gasteiger partial charge in [-0.3, -0.25) is 9.59 Å². The van der Waals surface area contributed by atoms with Crippen LogP contribution in [0.4, 0.5) is 0 Å². The fourth-order valence-electron chi connectivity index (χ4n) is 6.62. The number of aromatic nitrogens is 4. The molecule has 0 bridgehead atoms. The van der Waals surface area contributed by atoms with Gasteiger partial charge in [0.25, 0.3) is 11.8 Å². The first-order valence-corrected chi connectivity index (χ1v) is 13.9. The van der Waals surface area contributed by atoms with E-state index in [1.165, 1.54) is 19.3 Å². The van der Waals surface area contributed by atoms with E-state index in [0.29, 0.717) is 29.3 Å². The Bertz CT molecular complexity index is 1270. The van der Waals surface area contributed by atoms with Crippen molar-refractivity contribution in [1.82, 2.24) is 30.4 Å². The van der Waals surface area contributed by atoms with Crippen LogP contribution >= 0.6 is 0 Å². The summed E-state index contributed by atoms with van der Waals surface area (Å²) in [6, 6.07) is 11.9. The minimum absolute atomic E-state index is 0.0377. The number of nitrogens with two attached hydrogens (primary N) is 1. The van der Waals surface area contributed by atoms with Crippen molar-refractivity contribution in [2.45, 2.75) is 62.8 Å². The average Bonchev–Trinajstić information content (AvgIpc) is 3.45. The van der Waals surface area contributed by atoms with Gasteiger partial charge in [-0.25, -0.2) is 5.10 Å². The molecule has 1 heterocycles. The van der Waals surface area contributed by atoms with Gasteiger partial charge in [0, 0.05) is 45.4 Å². The minimum Gasteiger partial charge on any atom is -0.345 e. The van der Waals surface area contributed by atoms with E-state index in [1.54, 1.807) is 38.0 Å². The van der Waals surface area contributed by atoms with E-state index in [0.717, 1.165) is 47.9 Å². The van der Waals surface area contributed by atoms with Crippen LogP contribution in [-0.4, -0.2) is 76.5 Å². The fraction of sp³-hybridized carbons (Fsp3) is 0.500. The van der Waals surface area contributed by atoms with E-state index in [9.17, 15) is 9.59 Å². The summed E-state index contributed by atoms with van der Waals surface area (Å²) in [6.07, 6.45) is 7.98. The molecule has 0 spiro atoms. The normalized spacial score (nSPS) is 17.5. The molecule has 3 aromatic rings. The van der Waals surface area contributed by atoms with Crippen LogP contribution in [0.2, 0.25) is 0 Å². The summed E-state index contributed by atoms with van der Waals surface area (Å²) in [4.78, 5) is 29.0. The lowest BCUT2D eigenvalue weighted by molar-refractivity contribution is 0.0820. The topological polar surface area (TPSA) is 121 Å². The van der Waals surface area contributed by atoms with Crippen molar-refractivity contribution in [3.05, 3.63) is 75.6 Å². The number of aryl methyl sites for hydroxylation is 2. The van der Waals surface area contributed by atoms with E-state index in [2.05, 4.69) is 32.8 Å². The number of nitrogens with one attached hydrogen (secondary N) is 1. The maximum absolute atomic E-state index is 12.9. The number of H-pyrrole nitrogens is 1. The van der Waals surface area contributed by atoms with Gasteiger partial charge in [0.2, 0.25) is 0 Å². The zero-order valence-electron chi connectivity index (χ0n) is 23.4. The summed E-state index contributed by atoms with van der Waals surface area (Å²) in [5.41, 5.74) is 11.9. The number of hydrogen-bond donors (Lipinski definition) is 2. The summed E-state index contributed by atoms with van der Waals surface area (Å²) in [7, 11) is 7.06. The maximum atomic E-state index is 12.9. The van der Waals surface area contributed by atoms with Crippen LogP contribution in [0.1, 0.15) is 87.3 Å². The molecule has 1 aromatic heterocycles. The van der Waals surface area contributed by atoms with Gasteiger partial charge < -0.3 is 15.5 Å². The molecule has 0 aliphatic heterocycles. The number of carbonyl (C=O) groups excluding carboxylic acids is 2. The summed E-state index contributed by atoms with van der Waals surface area (Å²) >= 11 is 0. The quantitative estimate of drug-likeness (QED) is 0.505. The smallest absolute Gasteiger partial charge is 0.253 e. The number of carbonyl (C=O) groups is 2. The number of benzene rings is 2. The first-order valence-electron chi connectivity index (χ1n) is 13.9. The second-order valence-corrected chi connectivity index (χ2v) is 11.6. The van der Waals surface area contributed by atoms with Crippen LogP contribution in [0.25, 0.3) is 0 Å². The molecule has 206 valence electrons. The van der Waals surface area contributed by atoms with Crippen LogP contribution < -0.4 is 5.73 Å². The molecule has 1 fully saturated rings. The molecule has 2 amide bonds. The molecule has 9 heteroatoms. The highest BCUT2D eigenvalue weighted by Gasteiger charge is 2.46. The van der Waals surface area contributed by atoms with Crippen LogP contribution in [0.15, 0.2) is 36.4 Å². The molecule has 1 atom stereocenters. The molecule has 0 radical (unpaired) electrons. The average molecular weight is 530 g/mol. The van der Waals surface area contributed by atoms with Crippen molar-refractivity contribution >= 4 is 11.8 Å². The predicted octanol–water partition coefficient (Wildman–Crippen LogP) is 3.33. The number of tetrazole rings is 1. The lowest BCUT2D eigenvalue weighted by Gasteiger charge is -2.39. The number of amides is 2. The predicted molar refractivity (Wildman–Crippen MR) is 150 cm³/mol. The molecule has 2 aliphatic carbocycles. The van der Waals surface area contributed by atoms with Gasteiger partial charge in [-0.2, -0.15) is 0 Å². The Morgan fingerprint density at radius 2 is 1.46 bits per heavy atom. The third kappa shape index (κ3) is 4.95. The Hall–Kier alpha value is -3.59. The van der Waals surface area contributed by atoms with Gasteiger partial charge in [0.05, 0.1) is 5.41 Å². The third-order valence-electron chi connectivity index (χ3n) is 8.65. The number of nitrogens with zero attached hydrogens (tertiary/aromatic N) is 5. The standard InChI is InChI=1S/C30H39N7O2/c1-36(2)27(38)22-12-14-24-20(16-22)10-11-21-17-23(28(39)37(3)4)13-15-25(21)30(24,29-32-34-35-33-29)18-26(31)19-8-6-5-7-9-19/h12-17,19,26H,5-11,18,31H2,1-4H3,(H,32,33,34,35)/t26-/m1/s1. The Labute approximate surface area is 230 Å². The first-order chi connectivity index (χ1) is 18.7. The highest BCUT2D eigenvalue weighted by Crippen LogP contribution is 2.48. The van der Waals surface area contributed by atoms with Crippen molar-refractivity contribution in [3.8, 4) is 0 Å². The van der Waals surface area contributed by atoms with Crippen molar-refractivity contribution in [3.63, 3.8) is 0 Å². The number of rotatable bonds is 6. The molecule has 5 rings (SSSR count). The van der Waals surface area contributed by atoms with E-state index < -0.39 is 5.41 Å². The minimum atomic E-state index is -0.749. The molecule has 3 N–H and O–H groups in total. The Morgan fingerprint density at radius 1 is 0.923 bits per heavy atom. The van der Waals surface area contributed by atoms with E-state index in [-0.39, 0.29) is 17.9 Å². The highest BCUT2D eigenvalue weighted by atomic mass is 16.2. The summed E-state index contributed by atoms with van der Waals surface area (Å²) in [5, 5.41) is 15.6. The highest BCUT2D eigenvalue weighted by molar-refractivity contribution is 5.95. The van der Waals surface area contributed by atoms with Crippen molar-refractivity contribution < 1.29 is 9.59 Å². The molecule has 1 saturated carbocycles. The zero-order valence-corrected chi connectivity index (χ0v) is 23.4. The van der Waals surface area contributed by atoms with Crippen molar-refractivity contribution in [2.75, 3.05) is 28.2 Å². The number of aromatic amines is 1. The second-order valence-electron chi connectivity index (χ2n) is 11.6. The zero-order chi connectivity index (χ0) is 27.7. The van der Waals surface area contributed by atoms with Gasteiger partial charge in [-0.05, 0) is 95.0 Å². The van der Waals surface area contributed by atoms with Gasteiger partial charge in [-0.15, -0.1) is 5.10 Å². The lowest BCUT2D eigenvalue weighted by atomic mass is 9.65. The van der Waals surface area contributed by atoms with E-state index >= 15 is 0 Å². The molecule has 2 aromatic carbocycles. The van der Waals surface area contributed by atoms with E-state index in [4.69, 9.17) is 5.73 Å². The van der Waals surface area contributed by atoms with Crippen LogP contribution in [-0.2, 0) is 18.3 Å². The van der Waals surface area contributed by atoms with Crippen LogP contribution in [0, 0.1) is 5.92 Å². The maximum Gasteiger partial charge on any atom is 0.253 e. The molecule has 2 aliphatic rings. The second kappa shape index (κ2) is 10.9. The molecule has 39 heavy (non-hydrogen) atoms. The lowest BCUT2D eigenvalue weighted by Crippen LogP contribution is -2.43. The van der Waals surface area contributed by atoms with Gasteiger partial charge in [-0.1, -0.05) is 31.4 Å². The van der Waals surface area contributed by atoms with Gasteiger partial charge >= 0.3 is 0 Å². The van der Waals surface area contributed by atoms with Crippen molar-refractivity contribution in [2.24, 2.45) is 11.7 Å². The van der Waals surface area contributed by atoms with Gasteiger partial charge in [0.15, 0.2) is 5.82 Å². The Morgan fingerprint density at radius 3 is 1.92 bits per heavy atom. The van der Waals surface area contributed by atoms with Crippen LogP contribution in [0.5, 0.6) is 0 Å². The van der Waals surface area contributed by atoms with Crippen molar-refractivity contribution in [1.29, 1.82) is 0 Å². The monoisotopic (exact) mass is 529 g/mol. The number of hydrogen-bond acceptors (Lipinski definition) is 6. The van der Waals surface area contributed by atoms with E-state index in [1.807, 2.05) is 24.3 Å². The molecular formula is C30H39N7O2. The Balaban J connectivity index is 1.73. The summed E-state index contributed by atoms with van der Waals surface area (Å²) in [5.74, 6) is 0.982. The number of fused-ring (bicyclic) bond motifs is 2. The SMILES string of the molecule is CN(C)C(=O)c1ccc2c(c1)CCc1cc(C(=O)N(C)C)ccc1C2(C[C@@H](N)C1CCCCC1)c1nnn[nH]1. The molecule has 0 saturated heterocycles. The molecular weight excluding hydrogens is 490 g/mol. The fourth-order valence-corrected chi connectivity index (χ4v) is 6.62. The summed E-state index contributed by atoms with van der Waals surface area (Å²) in [6.45, 7) is 0. The molecule has 0 unspecified atom stereocenters. The first kappa shape index (κ1) is 27.0. The molecule has 9 nitrogen and oxygen atoms in total. The third-order valence-corrected chi connectivity index (χ3v) is 8.65. The summed E-state index contributed by atoms with van der Waals surface area (Å²) < 4.78 is 0. The van der Waals surface area contributed by atoms with Crippen LogP contribution in [0.3, 0.4) is 0 Å². The van der Waals surface area contributed by atoms with Gasteiger partial charge in [0.1, 0.15) is 0 Å². The largest absolute Gasteiger partial charge is 0.345 e. The Kier molecular flexibility index (Phi) is 7.53.